The van der Waals surface area contributed by atoms with E-state index in [4.69, 9.17) is 9.47 Å². The molecular weight excluding hydrogens is 274 g/mol. The summed E-state index contributed by atoms with van der Waals surface area (Å²) in [6, 6.07) is 9.44. The molecule has 5 heteroatoms. The SMILES string of the molecule is O=Cc1ccc(Sc2ccc3c(c2)OCCCO3)nc1. The fourth-order valence-electron chi connectivity index (χ4n) is 1.85. The molecule has 0 bridgehead atoms. The lowest BCUT2D eigenvalue weighted by Gasteiger charge is -2.08. The smallest absolute Gasteiger partial charge is 0.162 e. The second-order valence-corrected chi connectivity index (χ2v) is 5.40. The lowest BCUT2D eigenvalue weighted by atomic mass is 10.3. The first kappa shape index (κ1) is 13.0. The average Bonchev–Trinajstić information content (AvgIpc) is 2.73. The Morgan fingerprint density at radius 3 is 2.70 bits per heavy atom. The summed E-state index contributed by atoms with van der Waals surface area (Å²) in [5.41, 5.74) is 0.577. The third-order valence-electron chi connectivity index (χ3n) is 2.84. The van der Waals surface area contributed by atoms with E-state index in [9.17, 15) is 4.79 Å². The zero-order valence-corrected chi connectivity index (χ0v) is 11.6. The van der Waals surface area contributed by atoms with Gasteiger partial charge in [0.1, 0.15) is 5.03 Å². The number of nitrogens with zero attached hydrogens (tertiary/aromatic N) is 1. The summed E-state index contributed by atoms with van der Waals surface area (Å²) in [5.74, 6) is 1.56. The lowest BCUT2D eigenvalue weighted by Crippen LogP contribution is -1.97. The largest absolute Gasteiger partial charge is 0.490 e. The van der Waals surface area contributed by atoms with E-state index in [2.05, 4.69) is 4.98 Å². The van der Waals surface area contributed by atoms with Crippen LogP contribution in [0.15, 0.2) is 46.5 Å². The van der Waals surface area contributed by atoms with Gasteiger partial charge in [0.05, 0.1) is 13.2 Å². The van der Waals surface area contributed by atoms with Crippen molar-refractivity contribution in [3.05, 3.63) is 42.1 Å². The second kappa shape index (κ2) is 5.96. The van der Waals surface area contributed by atoms with Gasteiger partial charge in [-0.3, -0.25) is 4.79 Å². The molecule has 0 radical (unpaired) electrons. The number of rotatable bonds is 3. The maximum atomic E-state index is 10.6. The van der Waals surface area contributed by atoms with E-state index < -0.39 is 0 Å². The molecule has 0 unspecified atom stereocenters. The van der Waals surface area contributed by atoms with E-state index in [-0.39, 0.29) is 0 Å². The van der Waals surface area contributed by atoms with E-state index >= 15 is 0 Å². The molecule has 0 saturated heterocycles. The number of fused-ring (bicyclic) bond motifs is 1. The highest BCUT2D eigenvalue weighted by atomic mass is 32.2. The standard InChI is InChI=1S/C15H13NO3S/c17-10-11-2-5-15(16-9-11)20-12-3-4-13-14(8-12)19-7-1-6-18-13/h2-5,8-10H,1,6-7H2. The van der Waals surface area contributed by atoms with Crippen molar-refractivity contribution in [3.63, 3.8) is 0 Å². The van der Waals surface area contributed by atoms with Crippen LogP contribution in [0.25, 0.3) is 0 Å². The molecule has 1 aliphatic rings. The van der Waals surface area contributed by atoms with Crippen molar-refractivity contribution in [3.8, 4) is 11.5 Å². The number of ether oxygens (including phenoxy) is 2. The van der Waals surface area contributed by atoms with Crippen LogP contribution in [0, 0.1) is 0 Å². The summed E-state index contributed by atoms with van der Waals surface area (Å²) >= 11 is 1.52. The van der Waals surface area contributed by atoms with Gasteiger partial charge >= 0.3 is 0 Å². The number of carbonyl (C=O) groups excluding carboxylic acids is 1. The van der Waals surface area contributed by atoms with Crippen LogP contribution in [-0.2, 0) is 0 Å². The van der Waals surface area contributed by atoms with Crippen molar-refractivity contribution in [1.29, 1.82) is 0 Å². The Hall–Kier alpha value is -2.01. The van der Waals surface area contributed by atoms with Crippen LogP contribution in [0.2, 0.25) is 0 Å². The van der Waals surface area contributed by atoms with Crippen molar-refractivity contribution in [2.24, 2.45) is 0 Å². The topological polar surface area (TPSA) is 48.4 Å². The minimum absolute atomic E-state index is 0.577. The average molecular weight is 287 g/mol. The Kier molecular flexibility index (Phi) is 3.87. The molecule has 2 aromatic rings. The highest BCUT2D eigenvalue weighted by Crippen LogP contribution is 2.35. The van der Waals surface area contributed by atoms with Gasteiger partial charge in [-0.05, 0) is 30.3 Å². The summed E-state index contributed by atoms with van der Waals surface area (Å²) in [7, 11) is 0. The molecular formula is C15H13NO3S. The quantitative estimate of drug-likeness (QED) is 0.811. The van der Waals surface area contributed by atoms with Crippen LogP contribution in [0.4, 0.5) is 0 Å². The highest BCUT2D eigenvalue weighted by molar-refractivity contribution is 7.99. The number of carbonyl (C=O) groups is 1. The molecule has 0 atom stereocenters. The predicted molar refractivity (Wildman–Crippen MR) is 75.8 cm³/mol. The number of aldehydes is 1. The lowest BCUT2D eigenvalue weighted by molar-refractivity contribution is 0.112. The molecule has 0 amide bonds. The molecule has 0 fully saturated rings. The molecule has 102 valence electrons. The Bertz CT molecular complexity index is 613. The van der Waals surface area contributed by atoms with Crippen LogP contribution in [-0.4, -0.2) is 24.5 Å². The minimum Gasteiger partial charge on any atom is -0.490 e. The van der Waals surface area contributed by atoms with E-state index in [1.807, 2.05) is 24.3 Å². The van der Waals surface area contributed by atoms with Crippen molar-refractivity contribution in [2.75, 3.05) is 13.2 Å². The Morgan fingerprint density at radius 2 is 1.95 bits per heavy atom. The van der Waals surface area contributed by atoms with Gasteiger partial charge in [-0.15, -0.1) is 0 Å². The minimum atomic E-state index is 0.577. The van der Waals surface area contributed by atoms with Crippen molar-refractivity contribution < 1.29 is 14.3 Å². The molecule has 1 aromatic carbocycles. The summed E-state index contributed by atoms with van der Waals surface area (Å²) in [4.78, 5) is 15.9. The zero-order chi connectivity index (χ0) is 13.8. The van der Waals surface area contributed by atoms with Gasteiger partial charge in [0.2, 0.25) is 0 Å². The summed E-state index contributed by atoms with van der Waals surface area (Å²) < 4.78 is 11.3. The molecule has 1 aliphatic heterocycles. The normalized spacial score (nSPS) is 13.6. The van der Waals surface area contributed by atoms with Gasteiger partial charge < -0.3 is 9.47 Å². The van der Waals surface area contributed by atoms with Crippen LogP contribution in [0.1, 0.15) is 16.8 Å². The first-order valence-electron chi connectivity index (χ1n) is 6.34. The molecule has 2 heterocycles. The number of hydrogen-bond donors (Lipinski definition) is 0. The number of aromatic nitrogens is 1. The van der Waals surface area contributed by atoms with Crippen molar-refractivity contribution >= 4 is 18.0 Å². The van der Waals surface area contributed by atoms with Gasteiger partial charge in [-0.25, -0.2) is 4.98 Å². The van der Waals surface area contributed by atoms with Gasteiger partial charge in [0.25, 0.3) is 0 Å². The van der Waals surface area contributed by atoms with Gasteiger partial charge in [-0.2, -0.15) is 0 Å². The summed E-state index contributed by atoms with van der Waals surface area (Å²) in [5, 5.41) is 0.838. The monoisotopic (exact) mass is 287 g/mol. The first-order valence-corrected chi connectivity index (χ1v) is 7.15. The van der Waals surface area contributed by atoms with E-state index in [1.54, 1.807) is 12.3 Å². The Balaban J connectivity index is 1.80. The van der Waals surface area contributed by atoms with E-state index in [1.165, 1.54) is 11.8 Å². The molecule has 0 saturated carbocycles. The second-order valence-electron chi connectivity index (χ2n) is 4.31. The van der Waals surface area contributed by atoms with Gasteiger partial charge in [0.15, 0.2) is 17.8 Å². The molecule has 0 N–H and O–H groups in total. The van der Waals surface area contributed by atoms with Crippen LogP contribution < -0.4 is 9.47 Å². The zero-order valence-electron chi connectivity index (χ0n) is 10.7. The van der Waals surface area contributed by atoms with Crippen molar-refractivity contribution in [1.82, 2.24) is 4.98 Å². The van der Waals surface area contributed by atoms with E-state index in [0.29, 0.717) is 18.8 Å². The molecule has 0 spiro atoms. The van der Waals surface area contributed by atoms with Crippen molar-refractivity contribution in [2.45, 2.75) is 16.3 Å². The maximum absolute atomic E-state index is 10.6. The van der Waals surface area contributed by atoms with Crippen LogP contribution in [0.5, 0.6) is 11.5 Å². The van der Waals surface area contributed by atoms with Gasteiger partial charge in [-0.1, -0.05) is 11.8 Å². The highest BCUT2D eigenvalue weighted by Gasteiger charge is 2.11. The molecule has 1 aromatic heterocycles. The molecule has 4 nitrogen and oxygen atoms in total. The van der Waals surface area contributed by atoms with Crippen LogP contribution >= 0.6 is 11.8 Å². The number of pyridine rings is 1. The van der Waals surface area contributed by atoms with E-state index in [0.717, 1.165) is 34.1 Å². The Morgan fingerprint density at radius 1 is 1.10 bits per heavy atom. The third kappa shape index (κ3) is 2.93. The Labute approximate surface area is 121 Å². The summed E-state index contributed by atoms with van der Waals surface area (Å²) in [6.07, 6.45) is 3.25. The van der Waals surface area contributed by atoms with Crippen LogP contribution in [0.3, 0.4) is 0 Å². The number of hydrogen-bond acceptors (Lipinski definition) is 5. The van der Waals surface area contributed by atoms with Gasteiger partial charge in [0, 0.05) is 23.1 Å². The molecule has 0 aliphatic carbocycles. The third-order valence-corrected chi connectivity index (χ3v) is 3.78. The predicted octanol–water partition coefficient (Wildman–Crippen LogP) is 3.21. The molecule has 3 rings (SSSR count). The fraction of sp³-hybridized carbons (Fsp3) is 0.200. The fourth-order valence-corrected chi connectivity index (χ4v) is 2.63. The summed E-state index contributed by atoms with van der Waals surface area (Å²) in [6.45, 7) is 1.36. The first-order chi connectivity index (χ1) is 9.85. The number of benzene rings is 1. The molecule has 20 heavy (non-hydrogen) atoms. The maximum Gasteiger partial charge on any atom is 0.162 e.